The van der Waals surface area contributed by atoms with Crippen molar-refractivity contribution in [2.45, 2.75) is 54.0 Å². The van der Waals surface area contributed by atoms with Crippen LogP contribution >= 0.6 is 11.6 Å². The van der Waals surface area contributed by atoms with E-state index in [1.807, 2.05) is 14.0 Å². The van der Waals surface area contributed by atoms with E-state index in [0.29, 0.717) is 22.8 Å². The average molecular weight is 298 g/mol. The van der Waals surface area contributed by atoms with Gasteiger partial charge in [0.1, 0.15) is 5.15 Å². The van der Waals surface area contributed by atoms with E-state index in [4.69, 9.17) is 11.6 Å². The molecule has 1 atom stereocenters. The summed E-state index contributed by atoms with van der Waals surface area (Å²) in [5, 5.41) is 8.88. The minimum Gasteiger partial charge on any atom is -0.314 e. The van der Waals surface area contributed by atoms with E-state index < -0.39 is 0 Å². The van der Waals surface area contributed by atoms with Gasteiger partial charge in [0.25, 0.3) is 0 Å². The molecule has 1 aromatic heterocycles. The first-order valence-corrected chi connectivity index (χ1v) is 7.93. The molecule has 0 spiro atoms. The normalized spacial score (nSPS) is 22.0. The van der Waals surface area contributed by atoms with Crippen molar-refractivity contribution in [2.75, 3.05) is 6.54 Å². The van der Waals surface area contributed by atoms with Crippen LogP contribution in [0, 0.1) is 23.7 Å². The Morgan fingerprint density at radius 1 is 1.30 bits per heavy atom. The number of aromatic nitrogens is 2. The van der Waals surface area contributed by atoms with Crippen molar-refractivity contribution in [1.82, 2.24) is 15.1 Å². The molecule has 0 radical (unpaired) electrons. The van der Waals surface area contributed by atoms with Gasteiger partial charge in [0, 0.05) is 18.7 Å². The average Bonchev–Trinajstić information content (AvgIpc) is 2.60. The van der Waals surface area contributed by atoms with Gasteiger partial charge in [-0.25, -0.2) is 0 Å². The molecule has 1 fully saturated rings. The maximum atomic E-state index is 6.40. The van der Waals surface area contributed by atoms with Crippen LogP contribution in [0.25, 0.3) is 0 Å². The Kier molecular flexibility index (Phi) is 3.98. The van der Waals surface area contributed by atoms with Gasteiger partial charge in [-0.1, -0.05) is 46.2 Å². The molecule has 1 aliphatic carbocycles. The number of halogens is 1. The highest BCUT2D eigenvalue weighted by Crippen LogP contribution is 2.69. The van der Waals surface area contributed by atoms with Gasteiger partial charge < -0.3 is 5.32 Å². The molecule has 0 amide bonds. The molecular weight excluding hydrogens is 270 g/mol. The number of nitrogens with one attached hydrogen (secondary N) is 1. The molecular formula is C16H28ClN3. The molecule has 20 heavy (non-hydrogen) atoms. The van der Waals surface area contributed by atoms with Crippen LogP contribution in [-0.2, 0) is 13.5 Å². The van der Waals surface area contributed by atoms with Crippen molar-refractivity contribution in [2.24, 2.45) is 23.8 Å². The smallest absolute Gasteiger partial charge is 0.130 e. The van der Waals surface area contributed by atoms with Crippen molar-refractivity contribution in [3.63, 3.8) is 0 Å². The van der Waals surface area contributed by atoms with Crippen molar-refractivity contribution in [3.05, 3.63) is 16.4 Å². The molecule has 3 nitrogen and oxygen atoms in total. The van der Waals surface area contributed by atoms with Crippen LogP contribution < -0.4 is 5.32 Å². The SMILES string of the molecule is CCNC(Cc1c(C)nn(C)c1Cl)C1C(C)(C)C1(C)C. The second-order valence-corrected chi connectivity index (χ2v) is 7.63. The quantitative estimate of drug-likeness (QED) is 0.900. The predicted molar refractivity (Wildman–Crippen MR) is 85.2 cm³/mol. The van der Waals surface area contributed by atoms with Gasteiger partial charge in [-0.05, 0) is 36.6 Å². The summed E-state index contributed by atoms with van der Waals surface area (Å²) in [4.78, 5) is 0. The standard InChI is InChI=1S/C16H28ClN3/c1-8-18-12(13-15(3,4)16(13,5)6)9-11-10(2)19-20(7)14(11)17/h12-13,18H,8-9H2,1-7H3. The summed E-state index contributed by atoms with van der Waals surface area (Å²) in [7, 11) is 1.91. The molecule has 0 bridgehead atoms. The van der Waals surface area contributed by atoms with Gasteiger partial charge in [-0.3, -0.25) is 4.68 Å². The minimum absolute atomic E-state index is 0.377. The Morgan fingerprint density at radius 2 is 1.85 bits per heavy atom. The van der Waals surface area contributed by atoms with Crippen molar-refractivity contribution in [3.8, 4) is 0 Å². The van der Waals surface area contributed by atoms with Crippen molar-refractivity contribution < 1.29 is 0 Å². The van der Waals surface area contributed by atoms with Crippen molar-refractivity contribution >= 4 is 11.6 Å². The highest BCUT2D eigenvalue weighted by Gasteiger charge is 2.66. The molecule has 1 aliphatic rings. The summed E-state index contributed by atoms with van der Waals surface area (Å²) in [6.45, 7) is 14.7. The molecule has 4 heteroatoms. The monoisotopic (exact) mass is 297 g/mol. The fourth-order valence-electron chi connectivity index (χ4n) is 3.95. The van der Waals surface area contributed by atoms with Crippen LogP contribution in [0.3, 0.4) is 0 Å². The van der Waals surface area contributed by atoms with Crippen LogP contribution in [0.4, 0.5) is 0 Å². The summed E-state index contributed by atoms with van der Waals surface area (Å²) in [6, 6.07) is 0.463. The van der Waals surface area contributed by atoms with Crippen LogP contribution in [0.15, 0.2) is 0 Å². The predicted octanol–water partition coefficient (Wildman–Crippen LogP) is 3.58. The topological polar surface area (TPSA) is 29.9 Å². The first kappa shape index (κ1) is 15.8. The van der Waals surface area contributed by atoms with Crippen LogP contribution in [0.5, 0.6) is 0 Å². The number of hydrogen-bond donors (Lipinski definition) is 1. The zero-order chi connectivity index (χ0) is 15.3. The largest absolute Gasteiger partial charge is 0.314 e. The van der Waals surface area contributed by atoms with E-state index in [-0.39, 0.29) is 0 Å². The fourth-order valence-corrected chi connectivity index (χ4v) is 4.20. The summed E-state index contributed by atoms with van der Waals surface area (Å²) in [5.74, 6) is 0.672. The van der Waals surface area contributed by atoms with E-state index in [9.17, 15) is 0 Å². The lowest BCUT2D eigenvalue weighted by atomic mass is 9.97. The molecule has 0 aliphatic heterocycles. The minimum atomic E-state index is 0.377. The van der Waals surface area contributed by atoms with E-state index in [1.165, 1.54) is 5.56 Å². The summed E-state index contributed by atoms with van der Waals surface area (Å²) in [6.07, 6.45) is 0.962. The summed E-state index contributed by atoms with van der Waals surface area (Å²) < 4.78 is 1.78. The molecule has 114 valence electrons. The lowest BCUT2D eigenvalue weighted by molar-refractivity contribution is 0.402. The first-order chi connectivity index (χ1) is 9.14. The Labute approximate surface area is 128 Å². The highest BCUT2D eigenvalue weighted by atomic mass is 35.5. The molecule has 0 aromatic carbocycles. The van der Waals surface area contributed by atoms with Crippen LogP contribution in [-0.4, -0.2) is 22.4 Å². The van der Waals surface area contributed by atoms with Crippen LogP contribution in [0.1, 0.15) is 45.9 Å². The molecule has 1 saturated carbocycles. The van der Waals surface area contributed by atoms with Gasteiger partial charge in [0.05, 0.1) is 5.69 Å². The fraction of sp³-hybridized carbons (Fsp3) is 0.812. The highest BCUT2D eigenvalue weighted by molar-refractivity contribution is 6.30. The number of nitrogens with zero attached hydrogens (tertiary/aromatic N) is 2. The third kappa shape index (κ3) is 2.29. The van der Waals surface area contributed by atoms with Crippen LogP contribution in [0.2, 0.25) is 5.15 Å². The lowest BCUT2D eigenvalue weighted by Gasteiger charge is -2.20. The number of likely N-dealkylation sites (N-methyl/N-ethyl adjacent to an activating group) is 1. The number of rotatable bonds is 5. The molecule has 0 saturated heterocycles. The second kappa shape index (κ2) is 5.03. The zero-order valence-electron chi connectivity index (χ0n) is 13.8. The third-order valence-electron chi connectivity index (χ3n) is 5.69. The summed E-state index contributed by atoms with van der Waals surface area (Å²) >= 11 is 6.40. The lowest BCUT2D eigenvalue weighted by Crippen LogP contribution is -2.35. The van der Waals surface area contributed by atoms with Gasteiger partial charge in [0.2, 0.25) is 0 Å². The summed E-state index contributed by atoms with van der Waals surface area (Å²) in [5.41, 5.74) is 3.00. The van der Waals surface area contributed by atoms with Gasteiger partial charge in [-0.2, -0.15) is 5.10 Å². The van der Waals surface area contributed by atoms with E-state index in [1.54, 1.807) is 4.68 Å². The van der Waals surface area contributed by atoms with Gasteiger partial charge in [0.15, 0.2) is 0 Å². The number of aryl methyl sites for hydroxylation is 2. The molecule has 1 N–H and O–H groups in total. The Morgan fingerprint density at radius 3 is 2.20 bits per heavy atom. The first-order valence-electron chi connectivity index (χ1n) is 7.56. The van der Waals surface area contributed by atoms with E-state index >= 15 is 0 Å². The molecule has 1 aromatic rings. The molecule has 1 heterocycles. The van der Waals surface area contributed by atoms with Crippen molar-refractivity contribution in [1.29, 1.82) is 0 Å². The zero-order valence-corrected chi connectivity index (χ0v) is 14.6. The van der Waals surface area contributed by atoms with Gasteiger partial charge >= 0.3 is 0 Å². The van der Waals surface area contributed by atoms with E-state index in [2.05, 4.69) is 45.0 Å². The third-order valence-corrected chi connectivity index (χ3v) is 6.17. The Balaban J connectivity index is 2.24. The maximum absolute atomic E-state index is 6.40. The Bertz CT molecular complexity index is 488. The molecule has 1 unspecified atom stereocenters. The second-order valence-electron chi connectivity index (χ2n) is 7.27. The number of hydrogen-bond acceptors (Lipinski definition) is 2. The Hall–Kier alpha value is -0.540. The molecule has 2 rings (SSSR count). The van der Waals surface area contributed by atoms with Gasteiger partial charge in [-0.15, -0.1) is 0 Å². The maximum Gasteiger partial charge on any atom is 0.130 e. The van der Waals surface area contributed by atoms with E-state index in [0.717, 1.165) is 23.8 Å².